The van der Waals surface area contributed by atoms with Gasteiger partial charge in [-0.15, -0.1) is 0 Å². The Morgan fingerprint density at radius 3 is 2.94 bits per heavy atom. The zero-order valence-corrected chi connectivity index (χ0v) is 11.1. The molecule has 1 aromatic heterocycles. The molecule has 0 aromatic carbocycles. The molecular formula is C13H19ClN2O2. The summed E-state index contributed by atoms with van der Waals surface area (Å²) in [7, 11) is 0. The molecule has 2 N–H and O–H groups in total. The minimum Gasteiger partial charge on any atom is -0.396 e. The Morgan fingerprint density at radius 2 is 2.28 bits per heavy atom. The van der Waals surface area contributed by atoms with Crippen LogP contribution in [0, 0.1) is 0 Å². The maximum Gasteiger partial charge on any atom is 0.147 e. The first-order chi connectivity index (χ1) is 8.76. The quantitative estimate of drug-likeness (QED) is 0.859. The van der Waals surface area contributed by atoms with Crippen LogP contribution >= 0.6 is 11.6 Å². The normalized spacial score (nSPS) is 19.5. The second-order valence-electron chi connectivity index (χ2n) is 4.66. The molecule has 2 heterocycles. The van der Waals surface area contributed by atoms with Gasteiger partial charge in [0.25, 0.3) is 0 Å². The van der Waals surface area contributed by atoms with Gasteiger partial charge in [-0.25, -0.2) is 4.98 Å². The van der Waals surface area contributed by atoms with Crippen molar-refractivity contribution in [3.63, 3.8) is 0 Å². The molecule has 0 radical (unpaired) electrons. The molecule has 0 spiro atoms. The van der Waals surface area contributed by atoms with E-state index in [1.54, 1.807) is 12.3 Å². The topological polar surface area (TPSA) is 56.6 Å². The van der Waals surface area contributed by atoms with E-state index in [2.05, 4.69) is 9.88 Å². The van der Waals surface area contributed by atoms with E-state index in [1.807, 2.05) is 0 Å². The predicted octanol–water partition coefficient (Wildman–Crippen LogP) is 1.97. The van der Waals surface area contributed by atoms with Crippen molar-refractivity contribution in [3.05, 3.63) is 22.8 Å². The number of anilines is 1. The molecule has 5 heteroatoms. The lowest BCUT2D eigenvalue weighted by molar-refractivity contribution is 0.279. The third-order valence-electron chi connectivity index (χ3n) is 3.41. The second kappa shape index (κ2) is 6.36. The molecule has 0 bridgehead atoms. The highest BCUT2D eigenvalue weighted by atomic mass is 35.5. The van der Waals surface area contributed by atoms with Gasteiger partial charge in [0.05, 0.1) is 11.6 Å². The van der Waals surface area contributed by atoms with Crippen LogP contribution in [0.25, 0.3) is 0 Å². The summed E-state index contributed by atoms with van der Waals surface area (Å²) in [6.45, 7) is 1.15. The van der Waals surface area contributed by atoms with Crippen LogP contribution in [-0.2, 0) is 6.61 Å². The van der Waals surface area contributed by atoms with Gasteiger partial charge in [-0.3, -0.25) is 0 Å². The van der Waals surface area contributed by atoms with Crippen LogP contribution in [-0.4, -0.2) is 34.4 Å². The van der Waals surface area contributed by atoms with E-state index in [9.17, 15) is 0 Å². The van der Waals surface area contributed by atoms with Gasteiger partial charge in [0, 0.05) is 25.4 Å². The van der Waals surface area contributed by atoms with Crippen molar-refractivity contribution in [1.82, 2.24) is 4.98 Å². The second-order valence-corrected chi connectivity index (χ2v) is 5.07. The fourth-order valence-electron chi connectivity index (χ4n) is 2.51. The number of aliphatic hydroxyl groups excluding tert-OH is 2. The van der Waals surface area contributed by atoms with Gasteiger partial charge in [-0.1, -0.05) is 11.6 Å². The molecule has 1 aliphatic heterocycles. The van der Waals surface area contributed by atoms with Crippen molar-refractivity contribution < 1.29 is 10.2 Å². The Morgan fingerprint density at radius 1 is 1.44 bits per heavy atom. The summed E-state index contributed by atoms with van der Waals surface area (Å²) in [5.74, 6) is 0.800. The molecule has 1 unspecified atom stereocenters. The molecule has 2 rings (SSSR count). The van der Waals surface area contributed by atoms with E-state index < -0.39 is 0 Å². The first kappa shape index (κ1) is 13.6. The Balaban J connectivity index is 2.14. The van der Waals surface area contributed by atoms with Gasteiger partial charge in [-0.2, -0.15) is 0 Å². The van der Waals surface area contributed by atoms with E-state index in [0.717, 1.165) is 43.6 Å². The lowest BCUT2D eigenvalue weighted by Gasteiger charge is -2.26. The molecule has 0 saturated carbocycles. The standard InChI is InChI=1S/C13H19ClN2O2/c14-12-7-10(9-18)8-15-13(12)16-5-1-3-11(16)4-2-6-17/h7-8,11,17-18H,1-6,9H2. The number of aromatic nitrogens is 1. The number of aliphatic hydroxyl groups is 2. The van der Waals surface area contributed by atoms with E-state index in [0.29, 0.717) is 11.1 Å². The molecule has 1 fully saturated rings. The third kappa shape index (κ3) is 2.94. The van der Waals surface area contributed by atoms with Crippen LogP contribution in [0.5, 0.6) is 0 Å². The van der Waals surface area contributed by atoms with Gasteiger partial charge in [-0.05, 0) is 37.3 Å². The smallest absolute Gasteiger partial charge is 0.147 e. The van der Waals surface area contributed by atoms with Crippen LogP contribution in [0.15, 0.2) is 12.3 Å². The van der Waals surface area contributed by atoms with Crippen molar-refractivity contribution in [2.24, 2.45) is 0 Å². The van der Waals surface area contributed by atoms with Crippen molar-refractivity contribution in [1.29, 1.82) is 0 Å². The van der Waals surface area contributed by atoms with Crippen molar-refractivity contribution >= 4 is 17.4 Å². The van der Waals surface area contributed by atoms with Crippen LogP contribution in [0.3, 0.4) is 0 Å². The monoisotopic (exact) mass is 270 g/mol. The summed E-state index contributed by atoms with van der Waals surface area (Å²) in [4.78, 5) is 6.58. The van der Waals surface area contributed by atoms with Crippen molar-refractivity contribution in [2.45, 2.75) is 38.3 Å². The predicted molar refractivity (Wildman–Crippen MR) is 71.9 cm³/mol. The average molecular weight is 271 g/mol. The summed E-state index contributed by atoms with van der Waals surface area (Å²) in [5.41, 5.74) is 0.731. The Bertz CT molecular complexity index is 401. The van der Waals surface area contributed by atoms with E-state index in [-0.39, 0.29) is 13.2 Å². The fraction of sp³-hybridized carbons (Fsp3) is 0.615. The van der Waals surface area contributed by atoms with Gasteiger partial charge in [0.2, 0.25) is 0 Å². The summed E-state index contributed by atoms with van der Waals surface area (Å²) in [5, 5.41) is 18.6. The Hall–Kier alpha value is -0.840. The zero-order valence-electron chi connectivity index (χ0n) is 10.3. The molecule has 1 aromatic rings. The highest BCUT2D eigenvalue weighted by Gasteiger charge is 2.26. The van der Waals surface area contributed by atoms with E-state index in [1.165, 1.54) is 0 Å². The highest BCUT2D eigenvalue weighted by molar-refractivity contribution is 6.33. The van der Waals surface area contributed by atoms with Gasteiger partial charge < -0.3 is 15.1 Å². The SMILES string of the molecule is OCCCC1CCCN1c1ncc(CO)cc1Cl. The molecule has 1 atom stereocenters. The minimum atomic E-state index is -0.0407. The maximum atomic E-state index is 9.05. The highest BCUT2D eigenvalue weighted by Crippen LogP contribution is 2.32. The Labute approximate surface area is 112 Å². The number of rotatable bonds is 5. The van der Waals surface area contributed by atoms with Crippen LogP contribution < -0.4 is 4.90 Å². The summed E-state index contributed by atoms with van der Waals surface area (Å²) >= 11 is 6.22. The molecule has 100 valence electrons. The first-order valence-corrected chi connectivity index (χ1v) is 6.77. The number of nitrogens with zero attached hydrogens (tertiary/aromatic N) is 2. The molecule has 1 saturated heterocycles. The molecule has 4 nitrogen and oxygen atoms in total. The van der Waals surface area contributed by atoms with Gasteiger partial charge in [0.15, 0.2) is 0 Å². The summed E-state index contributed by atoms with van der Waals surface area (Å²) in [6.07, 6.45) is 5.71. The largest absolute Gasteiger partial charge is 0.396 e. The van der Waals surface area contributed by atoms with Crippen LogP contribution in [0.1, 0.15) is 31.2 Å². The summed E-state index contributed by atoms with van der Waals surface area (Å²) < 4.78 is 0. The molecule has 1 aliphatic rings. The third-order valence-corrected chi connectivity index (χ3v) is 3.68. The summed E-state index contributed by atoms with van der Waals surface area (Å²) in [6, 6.07) is 2.19. The average Bonchev–Trinajstić information content (AvgIpc) is 2.84. The number of hydrogen-bond acceptors (Lipinski definition) is 4. The van der Waals surface area contributed by atoms with E-state index in [4.69, 9.17) is 21.8 Å². The molecule has 18 heavy (non-hydrogen) atoms. The van der Waals surface area contributed by atoms with Gasteiger partial charge >= 0.3 is 0 Å². The number of hydrogen-bond donors (Lipinski definition) is 2. The number of halogens is 1. The van der Waals surface area contributed by atoms with Gasteiger partial charge in [0.1, 0.15) is 5.82 Å². The lowest BCUT2D eigenvalue weighted by Crippen LogP contribution is -2.30. The first-order valence-electron chi connectivity index (χ1n) is 6.39. The van der Waals surface area contributed by atoms with Crippen molar-refractivity contribution in [2.75, 3.05) is 18.1 Å². The minimum absolute atomic E-state index is 0.0407. The van der Waals surface area contributed by atoms with E-state index >= 15 is 0 Å². The molecular weight excluding hydrogens is 252 g/mol. The Kier molecular flexibility index (Phi) is 4.80. The van der Waals surface area contributed by atoms with Crippen LogP contribution in [0.2, 0.25) is 5.02 Å². The zero-order chi connectivity index (χ0) is 13.0. The fourth-order valence-corrected chi connectivity index (χ4v) is 2.81. The molecule has 0 aliphatic carbocycles. The van der Waals surface area contributed by atoms with Crippen molar-refractivity contribution in [3.8, 4) is 0 Å². The number of pyridine rings is 1. The lowest BCUT2D eigenvalue weighted by atomic mass is 10.1. The maximum absolute atomic E-state index is 9.05. The molecule has 0 amide bonds. The van der Waals surface area contributed by atoms with Crippen LogP contribution in [0.4, 0.5) is 5.82 Å².